The molecule has 0 bridgehead atoms. The Morgan fingerprint density at radius 3 is 2.48 bits per heavy atom. The number of benzene rings is 2. The highest BCUT2D eigenvalue weighted by molar-refractivity contribution is 6.42. The van der Waals surface area contributed by atoms with Crippen LogP contribution in [0.15, 0.2) is 36.4 Å². The van der Waals surface area contributed by atoms with E-state index in [9.17, 15) is 9.90 Å². The van der Waals surface area contributed by atoms with Gasteiger partial charge in [-0.2, -0.15) is 0 Å². The van der Waals surface area contributed by atoms with E-state index in [0.29, 0.717) is 29.2 Å². The van der Waals surface area contributed by atoms with Gasteiger partial charge in [0.05, 0.1) is 15.6 Å². The smallest absolute Gasteiger partial charge is 0.255 e. The molecule has 5 nitrogen and oxygen atoms in total. The molecular formula is C20H23Cl2N3O2. The third-order valence-corrected chi connectivity index (χ3v) is 5.42. The van der Waals surface area contributed by atoms with Crippen molar-refractivity contribution in [1.82, 2.24) is 16.0 Å². The van der Waals surface area contributed by atoms with E-state index in [1.165, 1.54) is 0 Å². The average molecular weight is 408 g/mol. The summed E-state index contributed by atoms with van der Waals surface area (Å²) in [5.74, 6) is -0.366. The first-order valence-corrected chi connectivity index (χ1v) is 9.76. The van der Waals surface area contributed by atoms with Gasteiger partial charge in [0.2, 0.25) is 0 Å². The lowest BCUT2D eigenvalue weighted by Gasteiger charge is -2.23. The van der Waals surface area contributed by atoms with Crippen molar-refractivity contribution in [2.24, 2.45) is 0 Å². The molecule has 0 atom stereocenters. The van der Waals surface area contributed by atoms with E-state index in [4.69, 9.17) is 23.2 Å². The van der Waals surface area contributed by atoms with Gasteiger partial charge in [0, 0.05) is 19.1 Å². The van der Waals surface area contributed by atoms with Gasteiger partial charge in [-0.25, -0.2) is 0 Å². The number of carbonyl (C=O) groups is 1. The van der Waals surface area contributed by atoms with Gasteiger partial charge in [0.15, 0.2) is 0 Å². The van der Waals surface area contributed by atoms with Crippen LogP contribution in [0, 0.1) is 0 Å². The van der Waals surface area contributed by atoms with Crippen molar-refractivity contribution in [2.75, 3.05) is 13.1 Å². The van der Waals surface area contributed by atoms with Gasteiger partial charge >= 0.3 is 0 Å². The zero-order valence-corrected chi connectivity index (χ0v) is 16.4. The molecule has 0 radical (unpaired) electrons. The summed E-state index contributed by atoms with van der Waals surface area (Å²) in [5, 5.41) is 20.6. The molecule has 1 aliphatic heterocycles. The third kappa shape index (κ3) is 5.59. The standard InChI is InChI=1S/C20H23Cl2N3O2/c21-17-3-1-14(10-18(17)22)12-25-20(27)16-9-13(2-4-19(16)26)11-24-15-5-7-23-8-6-15/h1-4,9-10,15,23-24,26H,5-8,11-12H2,(H,25,27). The Balaban J connectivity index is 1.60. The Hall–Kier alpha value is -1.79. The number of carbonyl (C=O) groups excluding carboxylic acids is 1. The molecule has 2 aromatic rings. The number of phenolic OH excluding ortho intramolecular Hbond substituents is 1. The molecule has 2 aromatic carbocycles. The highest BCUT2D eigenvalue weighted by Crippen LogP contribution is 2.23. The second-order valence-electron chi connectivity index (χ2n) is 6.69. The lowest BCUT2D eigenvalue weighted by atomic mass is 10.1. The summed E-state index contributed by atoms with van der Waals surface area (Å²) in [7, 11) is 0. The van der Waals surface area contributed by atoms with E-state index in [0.717, 1.165) is 37.1 Å². The third-order valence-electron chi connectivity index (χ3n) is 4.68. The highest BCUT2D eigenvalue weighted by atomic mass is 35.5. The van der Waals surface area contributed by atoms with Gasteiger partial charge in [0.25, 0.3) is 5.91 Å². The summed E-state index contributed by atoms with van der Waals surface area (Å²) < 4.78 is 0. The monoisotopic (exact) mass is 407 g/mol. The molecule has 1 saturated heterocycles. The number of phenols is 1. The minimum Gasteiger partial charge on any atom is -0.507 e. The van der Waals surface area contributed by atoms with Crippen LogP contribution < -0.4 is 16.0 Å². The SMILES string of the molecule is O=C(NCc1ccc(Cl)c(Cl)c1)c1cc(CNC2CCNCC2)ccc1O. The number of piperidine rings is 1. The number of rotatable bonds is 6. The van der Waals surface area contributed by atoms with Crippen LogP contribution in [0.1, 0.15) is 34.3 Å². The van der Waals surface area contributed by atoms with Crippen molar-refractivity contribution in [3.63, 3.8) is 0 Å². The van der Waals surface area contributed by atoms with Crippen LogP contribution in [0.25, 0.3) is 0 Å². The van der Waals surface area contributed by atoms with Gasteiger partial charge in [-0.15, -0.1) is 0 Å². The molecule has 0 saturated carbocycles. The maximum Gasteiger partial charge on any atom is 0.255 e. The summed E-state index contributed by atoms with van der Waals surface area (Å²) in [5.41, 5.74) is 2.06. The maximum absolute atomic E-state index is 12.5. The number of hydrogen-bond donors (Lipinski definition) is 4. The summed E-state index contributed by atoms with van der Waals surface area (Å²) in [6.45, 7) is 3.01. The summed E-state index contributed by atoms with van der Waals surface area (Å²) >= 11 is 11.9. The van der Waals surface area contributed by atoms with Crippen molar-refractivity contribution in [3.8, 4) is 5.75 Å². The summed E-state index contributed by atoms with van der Waals surface area (Å²) in [6, 6.07) is 10.8. The van der Waals surface area contributed by atoms with Crippen LogP contribution in [0.5, 0.6) is 5.75 Å². The summed E-state index contributed by atoms with van der Waals surface area (Å²) in [4.78, 5) is 12.5. The van der Waals surface area contributed by atoms with Crippen molar-refractivity contribution < 1.29 is 9.90 Å². The van der Waals surface area contributed by atoms with Crippen LogP contribution in [0.2, 0.25) is 10.0 Å². The number of amides is 1. The molecule has 0 aromatic heterocycles. The molecule has 0 aliphatic carbocycles. The molecular weight excluding hydrogens is 385 g/mol. The van der Waals surface area contributed by atoms with Crippen molar-refractivity contribution >= 4 is 29.1 Å². The lowest BCUT2D eigenvalue weighted by molar-refractivity contribution is 0.0948. The van der Waals surface area contributed by atoms with Crippen molar-refractivity contribution in [2.45, 2.75) is 32.0 Å². The zero-order chi connectivity index (χ0) is 19.2. The highest BCUT2D eigenvalue weighted by Gasteiger charge is 2.15. The van der Waals surface area contributed by atoms with Crippen LogP contribution in [0.3, 0.4) is 0 Å². The Labute approximate surface area is 169 Å². The molecule has 1 heterocycles. The largest absolute Gasteiger partial charge is 0.507 e. The van der Waals surface area contributed by atoms with Gasteiger partial charge in [-0.3, -0.25) is 4.79 Å². The van der Waals surface area contributed by atoms with Crippen LogP contribution in [-0.4, -0.2) is 30.1 Å². The molecule has 0 unspecified atom stereocenters. The summed E-state index contributed by atoms with van der Waals surface area (Å²) in [6.07, 6.45) is 2.18. The fourth-order valence-electron chi connectivity index (χ4n) is 3.09. The number of nitrogens with one attached hydrogen (secondary N) is 3. The predicted molar refractivity (Wildman–Crippen MR) is 108 cm³/mol. The number of hydrogen-bond acceptors (Lipinski definition) is 4. The minimum absolute atomic E-state index is 0.0349. The molecule has 144 valence electrons. The van der Waals surface area contributed by atoms with Crippen LogP contribution in [0.4, 0.5) is 0 Å². The van der Waals surface area contributed by atoms with E-state index >= 15 is 0 Å². The Morgan fingerprint density at radius 1 is 1.04 bits per heavy atom. The molecule has 7 heteroatoms. The fourth-order valence-corrected chi connectivity index (χ4v) is 3.41. The first kappa shape index (κ1) is 20.0. The number of aromatic hydroxyl groups is 1. The van der Waals surface area contributed by atoms with E-state index in [1.807, 2.05) is 6.07 Å². The molecule has 3 rings (SSSR count). The zero-order valence-electron chi connectivity index (χ0n) is 14.9. The number of halogens is 2. The predicted octanol–water partition coefficient (Wildman–Crippen LogP) is 3.47. The first-order valence-electron chi connectivity index (χ1n) is 9.01. The topological polar surface area (TPSA) is 73.4 Å². The molecule has 1 aliphatic rings. The molecule has 27 heavy (non-hydrogen) atoms. The van der Waals surface area contributed by atoms with E-state index < -0.39 is 0 Å². The second-order valence-corrected chi connectivity index (χ2v) is 7.50. The van der Waals surface area contributed by atoms with Gasteiger partial charge in [-0.05, 0) is 61.3 Å². The first-order chi connectivity index (χ1) is 13.0. The van der Waals surface area contributed by atoms with Crippen molar-refractivity contribution in [3.05, 3.63) is 63.1 Å². The van der Waals surface area contributed by atoms with Crippen LogP contribution in [-0.2, 0) is 13.1 Å². The van der Waals surface area contributed by atoms with Gasteiger partial charge in [0.1, 0.15) is 5.75 Å². The normalized spacial score (nSPS) is 14.9. The van der Waals surface area contributed by atoms with Gasteiger partial charge < -0.3 is 21.1 Å². The van der Waals surface area contributed by atoms with E-state index in [2.05, 4.69) is 16.0 Å². The van der Waals surface area contributed by atoms with E-state index in [1.54, 1.807) is 30.3 Å². The van der Waals surface area contributed by atoms with Crippen LogP contribution >= 0.6 is 23.2 Å². The van der Waals surface area contributed by atoms with Gasteiger partial charge in [-0.1, -0.05) is 35.3 Å². The van der Waals surface area contributed by atoms with Crippen molar-refractivity contribution in [1.29, 1.82) is 0 Å². The molecule has 1 amide bonds. The maximum atomic E-state index is 12.5. The second kappa shape index (κ2) is 9.42. The fraction of sp³-hybridized carbons (Fsp3) is 0.350. The minimum atomic E-state index is -0.331. The Bertz CT molecular complexity index is 808. The quantitative estimate of drug-likeness (QED) is 0.591. The molecule has 0 spiro atoms. The average Bonchev–Trinajstić information content (AvgIpc) is 2.69. The Morgan fingerprint density at radius 2 is 1.74 bits per heavy atom. The molecule has 4 N–H and O–H groups in total. The Kier molecular flexibility index (Phi) is 6.96. The van der Waals surface area contributed by atoms with E-state index in [-0.39, 0.29) is 17.2 Å². The lowest BCUT2D eigenvalue weighted by Crippen LogP contribution is -2.39. The molecule has 1 fully saturated rings.